The molecule has 160 valence electrons. The molecule has 2 amide bonds. The highest BCUT2D eigenvalue weighted by molar-refractivity contribution is 6.06. The molecule has 1 aromatic carbocycles. The van der Waals surface area contributed by atoms with Gasteiger partial charge in [0, 0.05) is 20.1 Å². The Balaban J connectivity index is 1.14. The fourth-order valence-corrected chi connectivity index (χ4v) is 4.82. The van der Waals surface area contributed by atoms with Crippen molar-refractivity contribution in [1.29, 1.82) is 0 Å². The summed E-state index contributed by atoms with van der Waals surface area (Å²) in [6, 6.07) is 7.96. The molecule has 4 rings (SSSR count). The van der Waals surface area contributed by atoms with E-state index < -0.39 is 0 Å². The predicted molar refractivity (Wildman–Crippen MR) is 115 cm³/mol. The van der Waals surface area contributed by atoms with Gasteiger partial charge < -0.3 is 15.4 Å². The fraction of sp³-hybridized carbons (Fsp3) is 0.522. The van der Waals surface area contributed by atoms with E-state index in [-0.39, 0.29) is 35.5 Å². The van der Waals surface area contributed by atoms with E-state index in [1.807, 2.05) is 31.2 Å². The maximum absolute atomic E-state index is 12.7. The average molecular weight is 411 g/mol. The van der Waals surface area contributed by atoms with Crippen molar-refractivity contribution in [2.24, 2.45) is 28.7 Å². The number of hydrogen-bond acceptors (Lipinski definition) is 4. The molecule has 1 aromatic rings. The molecular weight excluding hydrogens is 380 g/mol. The highest BCUT2D eigenvalue weighted by Gasteiger charge is 2.58. The second kappa shape index (κ2) is 8.90. The van der Waals surface area contributed by atoms with Gasteiger partial charge in [-0.2, -0.15) is 0 Å². The van der Waals surface area contributed by atoms with E-state index in [4.69, 9.17) is 4.74 Å². The number of rotatable bonds is 8. The van der Waals surface area contributed by atoms with E-state index >= 15 is 0 Å². The minimum Gasteiger partial charge on any atom is -0.492 e. The summed E-state index contributed by atoms with van der Waals surface area (Å²) >= 11 is 0. The van der Waals surface area contributed by atoms with Gasteiger partial charge in [0.1, 0.15) is 12.4 Å². The molecule has 4 unspecified atom stereocenters. The summed E-state index contributed by atoms with van der Waals surface area (Å²) in [6.45, 7) is 4.29. The Morgan fingerprint density at radius 1 is 1.07 bits per heavy atom. The molecule has 1 saturated carbocycles. The number of nitrogens with zero attached hydrogens (tertiary/aromatic N) is 2. The van der Waals surface area contributed by atoms with Crippen molar-refractivity contribution in [2.75, 3.05) is 33.3 Å². The number of nitrogens with one attached hydrogen (secondary N) is 2. The van der Waals surface area contributed by atoms with Gasteiger partial charge in [-0.1, -0.05) is 29.8 Å². The Morgan fingerprint density at radius 2 is 1.70 bits per heavy atom. The van der Waals surface area contributed by atoms with Crippen LogP contribution in [0.5, 0.6) is 5.75 Å². The Morgan fingerprint density at radius 3 is 2.33 bits per heavy atom. The van der Waals surface area contributed by atoms with Crippen LogP contribution < -0.4 is 15.4 Å². The zero-order chi connectivity index (χ0) is 21.1. The minimum atomic E-state index is -0.108. The van der Waals surface area contributed by atoms with Gasteiger partial charge in [0.15, 0.2) is 5.96 Å². The number of likely N-dealkylation sites (tertiary alicyclic amines) is 1. The van der Waals surface area contributed by atoms with Crippen LogP contribution in [0.4, 0.5) is 0 Å². The molecule has 30 heavy (non-hydrogen) atoms. The first-order chi connectivity index (χ1) is 14.6. The lowest BCUT2D eigenvalue weighted by Gasteiger charge is -2.18. The molecule has 0 aromatic heterocycles. The number of imide groups is 1. The first-order valence-electron chi connectivity index (χ1n) is 10.8. The van der Waals surface area contributed by atoms with Crippen molar-refractivity contribution in [1.82, 2.24) is 15.5 Å². The first kappa shape index (κ1) is 20.4. The van der Waals surface area contributed by atoms with Gasteiger partial charge >= 0.3 is 0 Å². The van der Waals surface area contributed by atoms with E-state index in [9.17, 15) is 9.59 Å². The number of guanidine groups is 1. The zero-order valence-corrected chi connectivity index (χ0v) is 17.6. The van der Waals surface area contributed by atoms with Crippen LogP contribution in [-0.4, -0.2) is 56.0 Å². The number of aliphatic imine (C=N–C) groups is 1. The van der Waals surface area contributed by atoms with Gasteiger partial charge in [0.2, 0.25) is 11.8 Å². The van der Waals surface area contributed by atoms with Crippen molar-refractivity contribution in [3.05, 3.63) is 42.0 Å². The molecule has 2 N–H and O–H groups in total. The lowest BCUT2D eigenvalue weighted by molar-refractivity contribution is -0.140. The molecule has 4 atom stereocenters. The van der Waals surface area contributed by atoms with Crippen molar-refractivity contribution < 1.29 is 14.3 Å². The molecule has 1 heterocycles. The van der Waals surface area contributed by atoms with E-state index in [1.54, 1.807) is 7.05 Å². The lowest BCUT2D eigenvalue weighted by atomic mass is 9.85. The van der Waals surface area contributed by atoms with Gasteiger partial charge in [-0.05, 0) is 43.7 Å². The summed E-state index contributed by atoms with van der Waals surface area (Å²) in [6.07, 6.45) is 5.92. The van der Waals surface area contributed by atoms with Crippen LogP contribution >= 0.6 is 0 Å². The lowest BCUT2D eigenvalue weighted by Crippen LogP contribution is -2.41. The Labute approximate surface area is 177 Å². The molecule has 3 aliphatic rings. The molecule has 0 radical (unpaired) electrons. The van der Waals surface area contributed by atoms with Crippen molar-refractivity contribution in [3.63, 3.8) is 0 Å². The number of amides is 2. The van der Waals surface area contributed by atoms with Crippen LogP contribution in [0.2, 0.25) is 0 Å². The third-order valence-electron chi connectivity index (χ3n) is 6.32. The van der Waals surface area contributed by atoms with E-state index in [0.29, 0.717) is 38.6 Å². The topological polar surface area (TPSA) is 83.0 Å². The predicted octanol–water partition coefficient (Wildman–Crippen LogP) is 1.74. The zero-order valence-electron chi connectivity index (χ0n) is 17.6. The van der Waals surface area contributed by atoms with Crippen molar-refractivity contribution >= 4 is 17.8 Å². The number of allylic oxidation sites excluding steroid dienone is 2. The van der Waals surface area contributed by atoms with E-state index in [0.717, 1.165) is 12.2 Å². The van der Waals surface area contributed by atoms with Crippen molar-refractivity contribution in [3.8, 4) is 5.75 Å². The molecule has 0 spiro atoms. The maximum atomic E-state index is 12.7. The number of ether oxygens (including phenoxy) is 1. The number of hydrogen-bond donors (Lipinski definition) is 2. The van der Waals surface area contributed by atoms with Crippen LogP contribution in [0.3, 0.4) is 0 Å². The first-order valence-corrected chi connectivity index (χ1v) is 10.8. The molecule has 1 saturated heterocycles. The van der Waals surface area contributed by atoms with Gasteiger partial charge in [-0.25, -0.2) is 0 Å². The normalized spacial score (nSPS) is 27.0. The smallest absolute Gasteiger partial charge is 0.233 e. The van der Waals surface area contributed by atoms with Gasteiger partial charge in [-0.15, -0.1) is 0 Å². The Kier molecular flexibility index (Phi) is 6.06. The Bertz CT molecular complexity index is 819. The quantitative estimate of drug-likeness (QED) is 0.224. The molecule has 2 aliphatic carbocycles. The second-order valence-corrected chi connectivity index (χ2v) is 8.27. The highest BCUT2D eigenvalue weighted by atomic mass is 16.5. The molecule has 2 bridgehead atoms. The molecule has 7 nitrogen and oxygen atoms in total. The summed E-state index contributed by atoms with van der Waals surface area (Å²) in [7, 11) is 1.72. The number of fused-ring (bicyclic) bond motifs is 5. The SMILES string of the molecule is CN=C(NCCCN1C(=O)C2C3C=CC(C3)C2C1=O)NCCOc1ccc(C)cc1. The summed E-state index contributed by atoms with van der Waals surface area (Å²) in [5.74, 6) is 1.90. The number of aryl methyl sites for hydroxylation is 1. The molecule has 1 aliphatic heterocycles. The fourth-order valence-electron chi connectivity index (χ4n) is 4.82. The number of carbonyl (C=O) groups is 2. The van der Waals surface area contributed by atoms with Crippen LogP contribution in [0.15, 0.2) is 41.4 Å². The van der Waals surface area contributed by atoms with Crippen LogP contribution in [0, 0.1) is 30.6 Å². The molecule has 7 heteroatoms. The van der Waals surface area contributed by atoms with Gasteiger partial charge in [-0.3, -0.25) is 19.5 Å². The number of benzene rings is 1. The average Bonchev–Trinajstić information content (AvgIpc) is 3.43. The number of carbonyl (C=O) groups excluding carboxylic acids is 2. The Hall–Kier alpha value is -2.83. The van der Waals surface area contributed by atoms with Gasteiger partial charge in [0.25, 0.3) is 0 Å². The van der Waals surface area contributed by atoms with Gasteiger partial charge in [0.05, 0.1) is 18.4 Å². The third-order valence-corrected chi connectivity index (χ3v) is 6.32. The van der Waals surface area contributed by atoms with Crippen LogP contribution in [0.1, 0.15) is 18.4 Å². The summed E-state index contributed by atoms with van der Waals surface area (Å²) in [4.78, 5) is 31.0. The van der Waals surface area contributed by atoms with Crippen LogP contribution in [0.25, 0.3) is 0 Å². The highest BCUT2D eigenvalue weighted by Crippen LogP contribution is 2.52. The summed E-state index contributed by atoms with van der Waals surface area (Å²) in [5, 5.41) is 6.44. The molecule has 2 fully saturated rings. The monoisotopic (exact) mass is 410 g/mol. The second-order valence-electron chi connectivity index (χ2n) is 8.27. The summed E-state index contributed by atoms with van der Waals surface area (Å²) < 4.78 is 5.70. The largest absolute Gasteiger partial charge is 0.492 e. The van der Waals surface area contributed by atoms with E-state index in [1.165, 1.54) is 10.5 Å². The van der Waals surface area contributed by atoms with E-state index in [2.05, 4.69) is 27.8 Å². The third kappa shape index (κ3) is 4.06. The standard InChI is InChI=1S/C23H30N4O3/c1-15-4-8-18(9-5-15)30-13-11-26-23(24-2)25-10-3-12-27-21(28)19-16-6-7-17(14-16)20(19)22(27)29/h4-9,16-17,19-20H,3,10-14H2,1-2H3,(H2,24,25,26). The molecular formula is C23H30N4O3. The minimum absolute atomic E-state index is 0.0256. The maximum Gasteiger partial charge on any atom is 0.233 e. The van der Waals surface area contributed by atoms with Crippen LogP contribution in [-0.2, 0) is 9.59 Å². The van der Waals surface area contributed by atoms with Crippen molar-refractivity contribution in [2.45, 2.75) is 19.8 Å². The summed E-state index contributed by atoms with van der Waals surface area (Å²) in [5.41, 5.74) is 1.20.